The number of carbonyl (C=O) groups is 1. The molecule has 0 unspecified atom stereocenters. The maximum absolute atomic E-state index is 11.6. The van der Waals surface area contributed by atoms with E-state index >= 15 is 0 Å². The van der Waals surface area contributed by atoms with Gasteiger partial charge in [-0.2, -0.15) is 0 Å². The molecule has 0 saturated carbocycles. The van der Waals surface area contributed by atoms with Crippen molar-refractivity contribution in [1.82, 2.24) is 10.3 Å². The topological polar surface area (TPSA) is 62.2 Å². The number of nitrogens with one attached hydrogen (secondary N) is 1. The van der Waals surface area contributed by atoms with Gasteiger partial charge in [-0.1, -0.05) is 20.8 Å². The second-order valence-electron chi connectivity index (χ2n) is 4.61. The predicted molar refractivity (Wildman–Crippen MR) is 64.9 cm³/mol. The van der Waals surface area contributed by atoms with E-state index < -0.39 is 0 Å². The first-order chi connectivity index (χ1) is 7.45. The summed E-state index contributed by atoms with van der Waals surface area (Å²) in [7, 11) is 0. The van der Waals surface area contributed by atoms with Crippen LogP contribution in [-0.2, 0) is 5.41 Å². The average Bonchev–Trinajstić information content (AvgIpc) is 2.66. The van der Waals surface area contributed by atoms with Crippen LogP contribution >= 0.6 is 11.3 Å². The van der Waals surface area contributed by atoms with Gasteiger partial charge in [0.25, 0.3) is 5.91 Å². The summed E-state index contributed by atoms with van der Waals surface area (Å²) >= 11 is 1.42. The van der Waals surface area contributed by atoms with E-state index in [0.29, 0.717) is 17.8 Å². The molecular formula is C11H18N2O2S. The van der Waals surface area contributed by atoms with E-state index in [1.807, 2.05) is 0 Å². The quantitative estimate of drug-likeness (QED) is 0.787. The zero-order valence-electron chi connectivity index (χ0n) is 9.91. The fourth-order valence-electron chi connectivity index (χ4n) is 1.09. The Hall–Kier alpha value is -0.940. The molecule has 5 heteroatoms. The van der Waals surface area contributed by atoms with Crippen LogP contribution in [0.4, 0.5) is 0 Å². The van der Waals surface area contributed by atoms with E-state index in [-0.39, 0.29) is 17.9 Å². The molecule has 0 radical (unpaired) electrons. The van der Waals surface area contributed by atoms with Gasteiger partial charge in [0.1, 0.15) is 4.88 Å². The SMILES string of the molecule is CC(C)(C)c1ncc(C(=O)NCCCO)s1. The standard InChI is InChI=1S/C11H18N2O2S/c1-11(2,3)10-13-7-8(16-10)9(15)12-5-4-6-14/h7,14H,4-6H2,1-3H3,(H,12,15). The van der Waals surface area contributed by atoms with E-state index in [1.165, 1.54) is 11.3 Å². The van der Waals surface area contributed by atoms with E-state index in [9.17, 15) is 4.79 Å². The van der Waals surface area contributed by atoms with Crippen molar-refractivity contribution in [3.05, 3.63) is 16.1 Å². The first kappa shape index (κ1) is 13.1. The first-order valence-corrected chi connectivity index (χ1v) is 6.12. The van der Waals surface area contributed by atoms with Gasteiger partial charge in [-0.05, 0) is 6.42 Å². The summed E-state index contributed by atoms with van der Waals surface area (Å²) in [5, 5.41) is 12.3. The van der Waals surface area contributed by atoms with Crippen LogP contribution in [0.2, 0.25) is 0 Å². The molecule has 0 fully saturated rings. The highest BCUT2D eigenvalue weighted by molar-refractivity contribution is 7.13. The number of hydrogen-bond donors (Lipinski definition) is 2. The summed E-state index contributed by atoms with van der Waals surface area (Å²) in [6.45, 7) is 6.80. The van der Waals surface area contributed by atoms with Crippen molar-refractivity contribution in [3.8, 4) is 0 Å². The lowest BCUT2D eigenvalue weighted by Gasteiger charge is -2.13. The summed E-state index contributed by atoms with van der Waals surface area (Å²) in [5.74, 6) is -0.110. The van der Waals surface area contributed by atoms with Gasteiger partial charge >= 0.3 is 0 Å². The number of amides is 1. The highest BCUT2D eigenvalue weighted by atomic mass is 32.1. The van der Waals surface area contributed by atoms with Crippen molar-refractivity contribution in [2.75, 3.05) is 13.2 Å². The van der Waals surface area contributed by atoms with Crippen LogP contribution in [-0.4, -0.2) is 29.1 Å². The maximum Gasteiger partial charge on any atom is 0.263 e. The summed E-state index contributed by atoms with van der Waals surface area (Å²) < 4.78 is 0. The van der Waals surface area contributed by atoms with Crippen molar-refractivity contribution >= 4 is 17.2 Å². The molecule has 0 aliphatic rings. The lowest BCUT2D eigenvalue weighted by atomic mass is 9.98. The normalized spacial score (nSPS) is 11.5. The molecule has 16 heavy (non-hydrogen) atoms. The minimum atomic E-state index is -0.110. The van der Waals surface area contributed by atoms with Gasteiger partial charge in [0, 0.05) is 18.6 Å². The van der Waals surface area contributed by atoms with Gasteiger partial charge in [0.2, 0.25) is 0 Å². The monoisotopic (exact) mass is 242 g/mol. The van der Waals surface area contributed by atoms with Crippen molar-refractivity contribution in [1.29, 1.82) is 0 Å². The molecule has 1 heterocycles. The maximum atomic E-state index is 11.6. The Bertz CT molecular complexity index is 355. The fraction of sp³-hybridized carbons (Fsp3) is 0.636. The Morgan fingerprint density at radius 3 is 2.75 bits per heavy atom. The number of aliphatic hydroxyl groups is 1. The van der Waals surface area contributed by atoms with Crippen LogP contribution in [0.5, 0.6) is 0 Å². The van der Waals surface area contributed by atoms with Gasteiger partial charge < -0.3 is 10.4 Å². The third-order valence-electron chi connectivity index (χ3n) is 1.99. The van der Waals surface area contributed by atoms with Gasteiger partial charge in [-0.25, -0.2) is 4.98 Å². The molecule has 4 nitrogen and oxygen atoms in total. The molecule has 1 aromatic heterocycles. The molecule has 2 N–H and O–H groups in total. The minimum Gasteiger partial charge on any atom is -0.396 e. The van der Waals surface area contributed by atoms with Crippen molar-refractivity contribution < 1.29 is 9.90 Å². The number of rotatable bonds is 4. The molecule has 0 aromatic carbocycles. The Balaban J connectivity index is 2.60. The number of aromatic nitrogens is 1. The Morgan fingerprint density at radius 2 is 2.25 bits per heavy atom. The second kappa shape index (κ2) is 5.41. The van der Waals surface area contributed by atoms with Gasteiger partial charge in [-0.3, -0.25) is 4.79 Å². The summed E-state index contributed by atoms with van der Waals surface area (Å²) in [6, 6.07) is 0. The molecule has 0 spiro atoms. The highest BCUT2D eigenvalue weighted by Crippen LogP contribution is 2.26. The van der Waals surface area contributed by atoms with Crippen LogP contribution in [0.25, 0.3) is 0 Å². The Kier molecular flexibility index (Phi) is 4.44. The van der Waals surface area contributed by atoms with Crippen LogP contribution in [0.3, 0.4) is 0 Å². The average molecular weight is 242 g/mol. The van der Waals surface area contributed by atoms with Crippen LogP contribution in [0, 0.1) is 0 Å². The van der Waals surface area contributed by atoms with Crippen molar-refractivity contribution in [2.24, 2.45) is 0 Å². The highest BCUT2D eigenvalue weighted by Gasteiger charge is 2.19. The Labute approximate surface area is 99.7 Å². The molecular weight excluding hydrogens is 224 g/mol. The molecule has 0 aliphatic carbocycles. The summed E-state index contributed by atoms with van der Waals surface area (Å²) in [4.78, 5) is 16.5. The van der Waals surface area contributed by atoms with E-state index in [1.54, 1.807) is 6.20 Å². The smallest absolute Gasteiger partial charge is 0.263 e. The lowest BCUT2D eigenvalue weighted by Crippen LogP contribution is -2.24. The molecule has 0 aliphatic heterocycles. The molecule has 1 aromatic rings. The second-order valence-corrected chi connectivity index (χ2v) is 5.64. The third kappa shape index (κ3) is 3.57. The lowest BCUT2D eigenvalue weighted by molar-refractivity contribution is 0.0955. The molecule has 0 bridgehead atoms. The third-order valence-corrected chi connectivity index (χ3v) is 3.41. The van der Waals surface area contributed by atoms with Crippen LogP contribution in [0.15, 0.2) is 6.20 Å². The van der Waals surface area contributed by atoms with Gasteiger partial charge in [0.05, 0.1) is 11.2 Å². The largest absolute Gasteiger partial charge is 0.396 e. The van der Waals surface area contributed by atoms with Crippen LogP contribution in [0.1, 0.15) is 41.9 Å². The van der Waals surface area contributed by atoms with Gasteiger partial charge in [0.15, 0.2) is 0 Å². The Morgan fingerprint density at radius 1 is 1.56 bits per heavy atom. The molecule has 1 rings (SSSR count). The number of hydrogen-bond acceptors (Lipinski definition) is 4. The van der Waals surface area contributed by atoms with Gasteiger partial charge in [-0.15, -0.1) is 11.3 Å². The zero-order valence-corrected chi connectivity index (χ0v) is 10.7. The fourth-order valence-corrected chi connectivity index (χ4v) is 1.98. The van der Waals surface area contributed by atoms with Crippen molar-refractivity contribution in [2.45, 2.75) is 32.6 Å². The number of aliphatic hydroxyl groups excluding tert-OH is 1. The summed E-state index contributed by atoms with van der Waals surface area (Å²) in [6.07, 6.45) is 2.19. The number of thiazole rings is 1. The molecule has 0 atom stereocenters. The van der Waals surface area contributed by atoms with E-state index in [0.717, 1.165) is 5.01 Å². The molecule has 1 amide bonds. The van der Waals surface area contributed by atoms with Crippen molar-refractivity contribution in [3.63, 3.8) is 0 Å². The summed E-state index contributed by atoms with van der Waals surface area (Å²) in [5.41, 5.74) is -0.0195. The van der Waals surface area contributed by atoms with Crippen LogP contribution < -0.4 is 5.32 Å². The minimum absolute atomic E-state index is 0.0195. The first-order valence-electron chi connectivity index (χ1n) is 5.30. The van der Waals surface area contributed by atoms with E-state index in [4.69, 9.17) is 5.11 Å². The molecule has 90 valence electrons. The number of carbonyl (C=O) groups excluding carboxylic acids is 1. The predicted octanol–water partition coefficient (Wildman–Crippen LogP) is 1.55. The molecule has 0 saturated heterocycles. The zero-order chi connectivity index (χ0) is 12.2. The number of nitrogens with zero attached hydrogens (tertiary/aromatic N) is 1. The van der Waals surface area contributed by atoms with E-state index in [2.05, 4.69) is 31.1 Å².